The van der Waals surface area contributed by atoms with Crippen molar-refractivity contribution < 1.29 is 9.18 Å². The molecule has 1 aromatic carbocycles. The van der Waals surface area contributed by atoms with Gasteiger partial charge in [0.2, 0.25) is 5.91 Å². The van der Waals surface area contributed by atoms with Crippen molar-refractivity contribution in [3.05, 3.63) is 35.1 Å². The summed E-state index contributed by atoms with van der Waals surface area (Å²) in [4.78, 5) is 13.1. The van der Waals surface area contributed by atoms with Crippen molar-refractivity contribution >= 4 is 5.91 Å². The van der Waals surface area contributed by atoms with Crippen LogP contribution in [0.5, 0.6) is 0 Å². The Kier molecular flexibility index (Phi) is 6.78. The Hall–Kier alpha value is -1.46. The lowest BCUT2D eigenvalue weighted by Crippen LogP contribution is -2.39. The maximum atomic E-state index is 13.9. The lowest BCUT2D eigenvalue weighted by Gasteiger charge is -2.24. The molecule has 0 radical (unpaired) electrons. The minimum Gasteiger partial charge on any atom is -0.366 e. The highest BCUT2D eigenvalue weighted by Gasteiger charge is 2.13. The molecule has 1 unspecified atom stereocenters. The highest BCUT2D eigenvalue weighted by molar-refractivity contribution is 5.92. The van der Waals surface area contributed by atoms with E-state index in [1.807, 2.05) is 14.1 Å². The molecular formula is C16H26FN3O. The highest BCUT2D eigenvalue weighted by atomic mass is 19.1. The summed E-state index contributed by atoms with van der Waals surface area (Å²) in [6.45, 7) is 5.69. The Labute approximate surface area is 126 Å². The molecule has 0 aliphatic carbocycles. The molecule has 0 aliphatic rings. The standard InChI is InChI=1S/C16H26FN3O/c1-11(2)7-14(10-20(3)4)19-9-13-6-5-12(16(18)21)8-15(13)17/h5-6,8,11,14,19H,7,9-10H2,1-4H3,(H2,18,21). The van der Waals surface area contributed by atoms with Gasteiger partial charge in [0.25, 0.3) is 0 Å². The van der Waals surface area contributed by atoms with E-state index in [2.05, 4.69) is 24.1 Å². The fourth-order valence-electron chi connectivity index (χ4n) is 2.33. The number of carbonyl (C=O) groups excluding carboxylic acids is 1. The number of nitrogens with one attached hydrogen (secondary N) is 1. The number of rotatable bonds is 8. The van der Waals surface area contributed by atoms with Gasteiger partial charge in [-0.1, -0.05) is 19.9 Å². The average Bonchev–Trinajstić information content (AvgIpc) is 2.35. The van der Waals surface area contributed by atoms with Gasteiger partial charge >= 0.3 is 0 Å². The molecule has 3 N–H and O–H groups in total. The van der Waals surface area contributed by atoms with Gasteiger partial charge in [-0.05, 0) is 38.6 Å². The molecule has 1 atom stereocenters. The number of hydrogen-bond acceptors (Lipinski definition) is 3. The van der Waals surface area contributed by atoms with Crippen molar-refractivity contribution in [2.45, 2.75) is 32.9 Å². The lowest BCUT2D eigenvalue weighted by molar-refractivity contribution is 0.1000. The van der Waals surface area contributed by atoms with Gasteiger partial charge < -0.3 is 16.0 Å². The molecule has 0 fully saturated rings. The average molecular weight is 295 g/mol. The molecule has 5 heteroatoms. The number of carbonyl (C=O) groups is 1. The molecule has 0 aliphatic heterocycles. The largest absolute Gasteiger partial charge is 0.366 e. The van der Waals surface area contributed by atoms with Crippen LogP contribution in [0.25, 0.3) is 0 Å². The predicted octanol–water partition coefficient (Wildman–Crippen LogP) is 1.99. The van der Waals surface area contributed by atoms with Crippen molar-refractivity contribution in [1.29, 1.82) is 0 Å². The van der Waals surface area contributed by atoms with Crippen LogP contribution in [0.2, 0.25) is 0 Å². The van der Waals surface area contributed by atoms with E-state index < -0.39 is 11.7 Å². The van der Waals surface area contributed by atoms with E-state index in [0.29, 0.717) is 24.1 Å². The second-order valence-corrected chi connectivity index (χ2v) is 6.14. The minimum absolute atomic E-state index is 0.197. The summed E-state index contributed by atoms with van der Waals surface area (Å²) >= 11 is 0. The van der Waals surface area contributed by atoms with Crippen LogP contribution >= 0.6 is 0 Å². The van der Waals surface area contributed by atoms with E-state index in [-0.39, 0.29) is 5.56 Å². The monoisotopic (exact) mass is 295 g/mol. The molecule has 1 aromatic rings. The van der Waals surface area contributed by atoms with Crippen LogP contribution in [0.1, 0.15) is 36.2 Å². The first-order valence-electron chi connectivity index (χ1n) is 7.26. The molecular weight excluding hydrogens is 269 g/mol. The number of benzene rings is 1. The molecule has 0 saturated carbocycles. The van der Waals surface area contributed by atoms with Gasteiger partial charge in [0.1, 0.15) is 5.82 Å². The molecule has 118 valence electrons. The van der Waals surface area contributed by atoms with Crippen LogP contribution in [0.15, 0.2) is 18.2 Å². The number of likely N-dealkylation sites (N-methyl/N-ethyl adjacent to an activating group) is 1. The van der Waals surface area contributed by atoms with E-state index in [4.69, 9.17) is 5.73 Å². The van der Waals surface area contributed by atoms with Crippen LogP contribution in [-0.4, -0.2) is 37.5 Å². The Bertz CT molecular complexity index is 465. The van der Waals surface area contributed by atoms with Crippen LogP contribution in [-0.2, 0) is 6.54 Å². The maximum absolute atomic E-state index is 13.9. The van der Waals surface area contributed by atoms with E-state index in [1.165, 1.54) is 6.07 Å². The number of hydrogen-bond donors (Lipinski definition) is 2. The zero-order valence-electron chi connectivity index (χ0n) is 13.3. The summed E-state index contributed by atoms with van der Waals surface area (Å²) in [6.07, 6.45) is 1.03. The first-order valence-corrected chi connectivity index (χ1v) is 7.26. The Balaban J connectivity index is 2.68. The maximum Gasteiger partial charge on any atom is 0.248 e. The summed E-state index contributed by atoms with van der Waals surface area (Å²) < 4.78 is 13.9. The van der Waals surface area contributed by atoms with Crippen molar-refractivity contribution in [3.8, 4) is 0 Å². The van der Waals surface area contributed by atoms with E-state index in [9.17, 15) is 9.18 Å². The van der Waals surface area contributed by atoms with Gasteiger partial charge in [-0.15, -0.1) is 0 Å². The molecule has 1 amide bonds. The molecule has 0 spiro atoms. The normalized spacial score (nSPS) is 12.9. The first kappa shape index (κ1) is 17.6. The molecule has 0 heterocycles. The van der Waals surface area contributed by atoms with Crippen molar-refractivity contribution in [2.24, 2.45) is 11.7 Å². The summed E-state index contributed by atoms with van der Waals surface area (Å²) in [5, 5.41) is 3.39. The lowest BCUT2D eigenvalue weighted by atomic mass is 10.0. The van der Waals surface area contributed by atoms with E-state index in [1.54, 1.807) is 12.1 Å². The summed E-state index contributed by atoms with van der Waals surface area (Å²) in [7, 11) is 4.05. The Morgan fingerprint density at radius 3 is 2.52 bits per heavy atom. The van der Waals surface area contributed by atoms with Crippen molar-refractivity contribution in [1.82, 2.24) is 10.2 Å². The van der Waals surface area contributed by atoms with Crippen molar-refractivity contribution in [2.75, 3.05) is 20.6 Å². The summed E-state index contributed by atoms with van der Waals surface area (Å²) in [5.41, 5.74) is 5.88. The third kappa shape index (κ3) is 6.23. The second-order valence-electron chi connectivity index (χ2n) is 6.14. The zero-order valence-corrected chi connectivity index (χ0v) is 13.3. The molecule has 0 aromatic heterocycles. The fourth-order valence-corrected chi connectivity index (χ4v) is 2.33. The van der Waals surface area contributed by atoms with Gasteiger partial charge in [0.15, 0.2) is 0 Å². The summed E-state index contributed by atoms with van der Waals surface area (Å²) in [6, 6.07) is 4.68. The molecule has 0 bridgehead atoms. The van der Waals surface area contributed by atoms with Gasteiger partial charge in [-0.3, -0.25) is 4.79 Å². The summed E-state index contributed by atoms with van der Waals surface area (Å²) in [5.74, 6) is -0.435. The van der Waals surface area contributed by atoms with Crippen LogP contribution in [0.4, 0.5) is 4.39 Å². The third-order valence-electron chi connectivity index (χ3n) is 3.26. The zero-order chi connectivity index (χ0) is 16.0. The van der Waals surface area contributed by atoms with Gasteiger partial charge in [-0.2, -0.15) is 0 Å². The van der Waals surface area contributed by atoms with E-state index in [0.717, 1.165) is 13.0 Å². The smallest absolute Gasteiger partial charge is 0.248 e. The number of primary amides is 1. The van der Waals surface area contributed by atoms with Gasteiger partial charge in [-0.25, -0.2) is 4.39 Å². The topological polar surface area (TPSA) is 58.4 Å². The minimum atomic E-state index is -0.612. The number of halogens is 1. The molecule has 4 nitrogen and oxygen atoms in total. The van der Waals surface area contributed by atoms with Crippen LogP contribution in [0.3, 0.4) is 0 Å². The van der Waals surface area contributed by atoms with Crippen LogP contribution < -0.4 is 11.1 Å². The quantitative estimate of drug-likeness (QED) is 0.771. The molecule has 0 saturated heterocycles. The van der Waals surface area contributed by atoms with Gasteiger partial charge in [0, 0.05) is 30.3 Å². The Morgan fingerprint density at radius 1 is 1.38 bits per heavy atom. The SMILES string of the molecule is CC(C)CC(CN(C)C)NCc1ccc(C(N)=O)cc1F. The number of nitrogens with two attached hydrogens (primary N) is 1. The highest BCUT2D eigenvalue weighted by Crippen LogP contribution is 2.12. The predicted molar refractivity (Wildman–Crippen MR) is 83.6 cm³/mol. The number of amides is 1. The van der Waals surface area contributed by atoms with Crippen LogP contribution in [0, 0.1) is 11.7 Å². The van der Waals surface area contributed by atoms with Gasteiger partial charge in [0.05, 0.1) is 0 Å². The van der Waals surface area contributed by atoms with E-state index >= 15 is 0 Å². The second kappa shape index (κ2) is 8.10. The first-order chi connectivity index (χ1) is 9.79. The third-order valence-corrected chi connectivity index (χ3v) is 3.26. The molecule has 1 rings (SSSR count). The fraction of sp³-hybridized carbons (Fsp3) is 0.562. The van der Waals surface area contributed by atoms with Crippen molar-refractivity contribution in [3.63, 3.8) is 0 Å². The molecule has 21 heavy (non-hydrogen) atoms. The number of nitrogens with zero attached hydrogens (tertiary/aromatic N) is 1. The Morgan fingerprint density at radius 2 is 2.05 bits per heavy atom.